The first kappa shape index (κ1) is 26.6. The molecule has 4 rings (SSSR count). The van der Waals surface area contributed by atoms with Crippen LogP contribution >= 0.6 is 0 Å². The summed E-state index contributed by atoms with van der Waals surface area (Å²) in [7, 11) is 3.17. The molecule has 0 aromatic heterocycles. The third kappa shape index (κ3) is 7.75. The van der Waals surface area contributed by atoms with E-state index in [2.05, 4.69) is 21.2 Å². The summed E-state index contributed by atoms with van der Waals surface area (Å²) in [6.45, 7) is 5.03. The minimum Gasteiger partial charge on any atom is -0.497 e. The number of rotatable bonds is 7. The number of benzene rings is 2. The number of nitrogens with zero attached hydrogens (tertiary/aromatic N) is 2. The molecule has 1 saturated heterocycles. The molecule has 2 heterocycles. The van der Waals surface area contributed by atoms with E-state index in [9.17, 15) is 4.79 Å². The smallest absolute Gasteiger partial charge is 0.414 e. The number of nitrogens with one attached hydrogen (secondary N) is 1. The fraction of sp³-hybridized carbons (Fsp3) is 0.375. The van der Waals surface area contributed by atoms with Crippen molar-refractivity contribution in [3.63, 3.8) is 0 Å². The lowest BCUT2D eigenvalue weighted by Crippen LogP contribution is -2.48. The maximum Gasteiger partial charge on any atom is 0.414 e. The van der Waals surface area contributed by atoms with Crippen LogP contribution in [0.25, 0.3) is 0 Å². The molecule has 2 aromatic rings. The lowest BCUT2D eigenvalue weighted by molar-refractivity contribution is -0.159. The highest BCUT2D eigenvalue weighted by Gasteiger charge is 2.20. The van der Waals surface area contributed by atoms with Crippen LogP contribution in [0.2, 0.25) is 0 Å². The largest absolute Gasteiger partial charge is 0.497 e. The Morgan fingerprint density at radius 1 is 0.861 bits per heavy atom. The number of ether oxygens (including phenoxy) is 4. The third-order valence-electron chi connectivity index (χ3n) is 5.49. The van der Waals surface area contributed by atoms with Crippen LogP contribution in [-0.4, -0.2) is 91.6 Å². The van der Waals surface area contributed by atoms with E-state index in [1.165, 1.54) is 5.56 Å². The minimum atomic E-state index is -1.82. The van der Waals surface area contributed by atoms with Gasteiger partial charge in [0.2, 0.25) is 12.7 Å². The van der Waals surface area contributed by atoms with Crippen LogP contribution in [0.3, 0.4) is 0 Å². The van der Waals surface area contributed by atoms with Gasteiger partial charge in [-0.2, -0.15) is 0 Å². The monoisotopic (exact) mass is 503 g/mol. The fourth-order valence-corrected chi connectivity index (χ4v) is 3.69. The lowest BCUT2D eigenvalue weighted by Gasteiger charge is -2.34. The zero-order valence-electron chi connectivity index (χ0n) is 20.1. The van der Waals surface area contributed by atoms with E-state index in [1.54, 1.807) is 32.4 Å². The Labute approximate surface area is 207 Å². The van der Waals surface area contributed by atoms with Crippen molar-refractivity contribution in [2.75, 3.05) is 59.1 Å². The molecule has 0 saturated carbocycles. The van der Waals surface area contributed by atoms with Gasteiger partial charge in [0.25, 0.3) is 0 Å². The maximum absolute atomic E-state index is 12.5. The normalized spacial score (nSPS) is 14.8. The molecular weight excluding hydrogens is 474 g/mol. The van der Waals surface area contributed by atoms with Crippen LogP contribution in [0, 0.1) is 0 Å². The minimum absolute atomic E-state index is 0.0467. The van der Waals surface area contributed by atoms with Gasteiger partial charge < -0.3 is 34.5 Å². The first-order valence-electron chi connectivity index (χ1n) is 11.1. The van der Waals surface area contributed by atoms with Crippen molar-refractivity contribution in [2.24, 2.45) is 0 Å². The number of aliphatic carboxylic acids is 2. The molecule has 0 radical (unpaired) electrons. The lowest BCUT2D eigenvalue weighted by atomic mass is 10.1. The van der Waals surface area contributed by atoms with Gasteiger partial charge in [0, 0.05) is 56.6 Å². The quantitative estimate of drug-likeness (QED) is 0.470. The Morgan fingerprint density at radius 3 is 2.03 bits per heavy atom. The van der Waals surface area contributed by atoms with Crippen LogP contribution in [0.5, 0.6) is 23.0 Å². The summed E-state index contributed by atoms with van der Waals surface area (Å²) in [5, 5.41) is 17.7. The van der Waals surface area contributed by atoms with Gasteiger partial charge >= 0.3 is 11.9 Å². The van der Waals surface area contributed by atoms with Gasteiger partial charge in [-0.15, -0.1) is 0 Å². The molecule has 1 amide bonds. The van der Waals surface area contributed by atoms with E-state index in [0.717, 1.165) is 44.2 Å². The van der Waals surface area contributed by atoms with Crippen molar-refractivity contribution in [1.29, 1.82) is 0 Å². The average Bonchev–Trinajstić information content (AvgIpc) is 3.33. The Bertz CT molecular complexity index is 1050. The Balaban J connectivity index is 0.000000538. The van der Waals surface area contributed by atoms with Gasteiger partial charge in [-0.05, 0) is 17.7 Å². The highest BCUT2D eigenvalue weighted by atomic mass is 16.7. The molecule has 2 aliphatic heterocycles. The second-order valence-corrected chi connectivity index (χ2v) is 8.00. The van der Waals surface area contributed by atoms with Gasteiger partial charge in [0.15, 0.2) is 11.5 Å². The number of fused-ring (bicyclic) bond motifs is 1. The molecular formula is C24H29N3O9. The highest BCUT2D eigenvalue weighted by Crippen LogP contribution is 2.33. The first-order chi connectivity index (χ1) is 17.3. The Kier molecular flexibility index (Phi) is 9.31. The van der Waals surface area contributed by atoms with E-state index in [1.807, 2.05) is 12.1 Å². The van der Waals surface area contributed by atoms with E-state index in [4.69, 9.17) is 38.7 Å². The molecule has 194 valence electrons. The van der Waals surface area contributed by atoms with Crippen molar-refractivity contribution in [3.05, 3.63) is 42.0 Å². The molecule has 2 aliphatic rings. The van der Waals surface area contributed by atoms with Crippen LogP contribution < -0.4 is 24.3 Å². The SMILES string of the molecule is COc1cc(NC(=O)CN2CCN(Cc3ccc4c(c3)OCO4)CC2)cc(OC)c1.O=C(O)C(=O)O. The predicted octanol–water partition coefficient (Wildman–Crippen LogP) is 1.34. The first-order valence-corrected chi connectivity index (χ1v) is 11.1. The van der Waals surface area contributed by atoms with Crippen LogP contribution in [-0.2, 0) is 20.9 Å². The number of piperazine rings is 1. The van der Waals surface area contributed by atoms with E-state index < -0.39 is 11.9 Å². The molecule has 0 aliphatic carbocycles. The summed E-state index contributed by atoms with van der Waals surface area (Å²) in [6, 6.07) is 11.4. The van der Waals surface area contributed by atoms with E-state index >= 15 is 0 Å². The second kappa shape index (κ2) is 12.6. The van der Waals surface area contributed by atoms with Gasteiger partial charge in [0.05, 0.1) is 20.8 Å². The number of amides is 1. The molecule has 0 spiro atoms. The molecule has 1 fully saturated rings. The van der Waals surface area contributed by atoms with Gasteiger partial charge in [-0.25, -0.2) is 9.59 Å². The average molecular weight is 504 g/mol. The van der Waals surface area contributed by atoms with Crippen LogP contribution in [0.1, 0.15) is 5.56 Å². The van der Waals surface area contributed by atoms with Crippen molar-refractivity contribution >= 4 is 23.5 Å². The molecule has 0 atom stereocenters. The second-order valence-electron chi connectivity index (χ2n) is 8.00. The summed E-state index contributed by atoms with van der Waals surface area (Å²) in [4.78, 5) is 35.2. The number of carbonyl (C=O) groups excluding carboxylic acids is 1. The van der Waals surface area contributed by atoms with Crippen molar-refractivity contribution in [2.45, 2.75) is 6.54 Å². The highest BCUT2D eigenvalue weighted by molar-refractivity contribution is 6.27. The zero-order chi connectivity index (χ0) is 26.1. The van der Waals surface area contributed by atoms with E-state index in [-0.39, 0.29) is 5.91 Å². The number of carboxylic acid groups (broad SMARTS) is 2. The number of anilines is 1. The van der Waals surface area contributed by atoms with Crippen molar-refractivity contribution < 1.29 is 43.5 Å². The molecule has 12 heteroatoms. The van der Waals surface area contributed by atoms with E-state index in [0.29, 0.717) is 30.5 Å². The topological polar surface area (TPSA) is 147 Å². The Morgan fingerprint density at radius 2 is 1.44 bits per heavy atom. The third-order valence-corrected chi connectivity index (χ3v) is 5.49. The molecule has 2 aromatic carbocycles. The molecule has 0 bridgehead atoms. The summed E-state index contributed by atoms with van der Waals surface area (Å²) in [5.74, 6) is -0.789. The van der Waals surface area contributed by atoms with Gasteiger partial charge in [0.1, 0.15) is 11.5 Å². The van der Waals surface area contributed by atoms with Crippen LogP contribution in [0.4, 0.5) is 5.69 Å². The molecule has 12 nitrogen and oxygen atoms in total. The van der Waals surface area contributed by atoms with Gasteiger partial charge in [-0.1, -0.05) is 6.07 Å². The summed E-state index contributed by atoms with van der Waals surface area (Å²) >= 11 is 0. The molecule has 0 unspecified atom stereocenters. The maximum atomic E-state index is 12.5. The van der Waals surface area contributed by atoms with Gasteiger partial charge in [-0.3, -0.25) is 14.6 Å². The molecule has 3 N–H and O–H groups in total. The number of hydrogen-bond acceptors (Lipinski definition) is 9. The summed E-state index contributed by atoms with van der Waals surface area (Å²) in [5.41, 5.74) is 1.87. The standard InChI is InChI=1S/C22H27N3O5.C2H2O4/c1-27-18-10-17(11-19(12-18)28-2)23-22(26)14-25-7-5-24(6-8-25)13-16-3-4-20-21(9-16)30-15-29-20;3-1(4)2(5)6/h3-4,9-12H,5-8,13-15H2,1-2H3,(H,23,26);(H,3,4)(H,5,6). The number of carbonyl (C=O) groups is 3. The predicted molar refractivity (Wildman–Crippen MR) is 128 cm³/mol. The Hall–Kier alpha value is -4.03. The fourth-order valence-electron chi connectivity index (χ4n) is 3.69. The van der Waals surface area contributed by atoms with Crippen molar-refractivity contribution in [1.82, 2.24) is 9.80 Å². The number of carboxylic acids is 2. The van der Waals surface area contributed by atoms with Crippen molar-refractivity contribution in [3.8, 4) is 23.0 Å². The number of hydrogen-bond donors (Lipinski definition) is 3. The molecule has 36 heavy (non-hydrogen) atoms. The van der Waals surface area contributed by atoms with Crippen LogP contribution in [0.15, 0.2) is 36.4 Å². The summed E-state index contributed by atoms with van der Waals surface area (Å²) < 4.78 is 21.3. The summed E-state index contributed by atoms with van der Waals surface area (Å²) in [6.07, 6.45) is 0. The zero-order valence-corrected chi connectivity index (χ0v) is 20.1. The number of methoxy groups -OCH3 is 2.